The summed E-state index contributed by atoms with van der Waals surface area (Å²) >= 11 is 0. The summed E-state index contributed by atoms with van der Waals surface area (Å²) in [5.41, 5.74) is 1.39. The molecule has 2 aliphatic rings. The first-order valence-electron chi connectivity index (χ1n) is 6.93. The van der Waals surface area contributed by atoms with E-state index in [1.54, 1.807) is 0 Å². The molecule has 1 N–H and O–H groups in total. The molecule has 1 aromatic rings. The lowest BCUT2D eigenvalue weighted by Gasteiger charge is -2.31. The van der Waals surface area contributed by atoms with Crippen LogP contribution in [-0.2, 0) is 5.54 Å². The van der Waals surface area contributed by atoms with E-state index in [4.69, 9.17) is 9.47 Å². The van der Waals surface area contributed by atoms with E-state index in [1.165, 1.54) is 31.2 Å². The van der Waals surface area contributed by atoms with Crippen LogP contribution in [0.15, 0.2) is 18.2 Å². The third-order valence-electron chi connectivity index (χ3n) is 4.05. The van der Waals surface area contributed by atoms with Crippen molar-refractivity contribution in [1.29, 1.82) is 0 Å². The molecule has 3 nitrogen and oxygen atoms in total. The highest BCUT2D eigenvalue weighted by atomic mass is 16.6. The zero-order chi connectivity index (χ0) is 12.4. The predicted molar refractivity (Wildman–Crippen MR) is 71.3 cm³/mol. The summed E-state index contributed by atoms with van der Waals surface area (Å²) in [6.45, 7) is 4.71. The number of nitrogens with one attached hydrogen (secondary N) is 1. The maximum Gasteiger partial charge on any atom is 0.161 e. The Morgan fingerprint density at radius 2 is 1.89 bits per heavy atom. The van der Waals surface area contributed by atoms with Gasteiger partial charge < -0.3 is 14.8 Å². The molecule has 2 heterocycles. The largest absolute Gasteiger partial charge is 0.486 e. The summed E-state index contributed by atoms with van der Waals surface area (Å²) in [5, 5.41) is 3.68. The number of benzene rings is 1. The van der Waals surface area contributed by atoms with E-state index >= 15 is 0 Å². The lowest BCUT2D eigenvalue weighted by Crippen LogP contribution is -2.38. The van der Waals surface area contributed by atoms with E-state index in [9.17, 15) is 0 Å². The molecule has 18 heavy (non-hydrogen) atoms. The second kappa shape index (κ2) is 4.81. The molecular weight excluding hydrogens is 226 g/mol. The van der Waals surface area contributed by atoms with Crippen LogP contribution in [0, 0.1) is 0 Å². The van der Waals surface area contributed by atoms with Crippen molar-refractivity contribution in [3.63, 3.8) is 0 Å². The van der Waals surface area contributed by atoms with Crippen LogP contribution < -0.4 is 14.8 Å². The van der Waals surface area contributed by atoms with Gasteiger partial charge in [-0.25, -0.2) is 0 Å². The lowest BCUT2D eigenvalue weighted by atomic mass is 9.87. The summed E-state index contributed by atoms with van der Waals surface area (Å²) in [7, 11) is 0. The zero-order valence-corrected chi connectivity index (χ0v) is 11.0. The Bertz CT molecular complexity index is 423. The molecule has 1 atom stereocenters. The molecule has 1 saturated heterocycles. The van der Waals surface area contributed by atoms with Crippen LogP contribution >= 0.6 is 0 Å². The summed E-state index contributed by atoms with van der Waals surface area (Å²) < 4.78 is 11.3. The van der Waals surface area contributed by atoms with Crippen molar-refractivity contribution in [2.75, 3.05) is 19.8 Å². The Kier molecular flexibility index (Phi) is 3.16. The molecule has 0 bridgehead atoms. The van der Waals surface area contributed by atoms with Crippen LogP contribution in [-0.4, -0.2) is 19.8 Å². The molecule has 0 radical (unpaired) electrons. The average molecular weight is 247 g/mol. The number of hydrogen-bond acceptors (Lipinski definition) is 3. The minimum absolute atomic E-state index is 0.0757. The van der Waals surface area contributed by atoms with Crippen LogP contribution in [0.4, 0.5) is 0 Å². The van der Waals surface area contributed by atoms with Gasteiger partial charge in [0.2, 0.25) is 0 Å². The van der Waals surface area contributed by atoms with E-state index in [-0.39, 0.29) is 5.54 Å². The molecule has 3 heteroatoms. The fraction of sp³-hybridized carbons (Fsp3) is 0.600. The van der Waals surface area contributed by atoms with Crippen molar-refractivity contribution < 1.29 is 9.47 Å². The van der Waals surface area contributed by atoms with Crippen LogP contribution in [0.5, 0.6) is 11.5 Å². The van der Waals surface area contributed by atoms with Gasteiger partial charge in [0.1, 0.15) is 13.2 Å². The second-order valence-electron chi connectivity index (χ2n) is 5.43. The first kappa shape index (κ1) is 11.8. The Labute approximate surface area is 108 Å². The molecule has 1 aromatic carbocycles. The SMILES string of the molecule is CC1(c2ccc3c(c2)OCCO3)CCCCCN1. The first-order valence-corrected chi connectivity index (χ1v) is 6.93. The van der Waals surface area contributed by atoms with Crippen LogP contribution in [0.1, 0.15) is 38.2 Å². The molecule has 1 fully saturated rings. The average Bonchev–Trinajstić information content (AvgIpc) is 2.64. The number of rotatable bonds is 1. The van der Waals surface area contributed by atoms with Gasteiger partial charge >= 0.3 is 0 Å². The summed E-state index contributed by atoms with van der Waals surface area (Å²) in [5.74, 6) is 1.77. The molecule has 98 valence electrons. The number of hydrogen-bond donors (Lipinski definition) is 1. The molecule has 2 aliphatic heterocycles. The summed E-state index contributed by atoms with van der Waals surface area (Å²) in [6.07, 6.45) is 5.08. The Balaban J connectivity index is 1.90. The van der Waals surface area contributed by atoms with E-state index in [0.717, 1.165) is 18.0 Å². The normalized spacial score (nSPS) is 27.6. The number of ether oxygens (including phenoxy) is 2. The second-order valence-corrected chi connectivity index (χ2v) is 5.43. The van der Waals surface area contributed by atoms with Crippen molar-refractivity contribution in [3.8, 4) is 11.5 Å². The van der Waals surface area contributed by atoms with E-state index in [1.807, 2.05) is 6.07 Å². The van der Waals surface area contributed by atoms with Crippen molar-refractivity contribution in [1.82, 2.24) is 5.32 Å². The van der Waals surface area contributed by atoms with Crippen molar-refractivity contribution in [2.45, 2.75) is 38.1 Å². The molecule has 0 aromatic heterocycles. The van der Waals surface area contributed by atoms with Gasteiger partial charge in [-0.2, -0.15) is 0 Å². The number of fused-ring (bicyclic) bond motifs is 1. The monoisotopic (exact) mass is 247 g/mol. The van der Waals surface area contributed by atoms with E-state index in [0.29, 0.717) is 13.2 Å². The quantitative estimate of drug-likeness (QED) is 0.827. The van der Waals surface area contributed by atoms with Gasteiger partial charge in [-0.05, 0) is 44.0 Å². The van der Waals surface area contributed by atoms with Crippen molar-refractivity contribution in [2.24, 2.45) is 0 Å². The van der Waals surface area contributed by atoms with Gasteiger partial charge in [-0.3, -0.25) is 0 Å². The van der Waals surface area contributed by atoms with Gasteiger partial charge in [-0.1, -0.05) is 18.9 Å². The third kappa shape index (κ3) is 2.19. The lowest BCUT2D eigenvalue weighted by molar-refractivity contribution is 0.171. The highest BCUT2D eigenvalue weighted by molar-refractivity contribution is 5.45. The van der Waals surface area contributed by atoms with Gasteiger partial charge in [0.25, 0.3) is 0 Å². The Morgan fingerprint density at radius 3 is 2.78 bits per heavy atom. The van der Waals surface area contributed by atoms with Crippen molar-refractivity contribution in [3.05, 3.63) is 23.8 Å². The smallest absolute Gasteiger partial charge is 0.161 e. The highest BCUT2D eigenvalue weighted by Gasteiger charge is 2.28. The van der Waals surface area contributed by atoms with Gasteiger partial charge in [0.05, 0.1) is 0 Å². The molecule has 0 spiro atoms. The maximum absolute atomic E-state index is 5.68. The third-order valence-corrected chi connectivity index (χ3v) is 4.05. The highest BCUT2D eigenvalue weighted by Crippen LogP contribution is 2.36. The van der Waals surface area contributed by atoms with E-state index in [2.05, 4.69) is 24.4 Å². The van der Waals surface area contributed by atoms with Crippen LogP contribution in [0.25, 0.3) is 0 Å². The van der Waals surface area contributed by atoms with Gasteiger partial charge in [0, 0.05) is 5.54 Å². The fourth-order valence-corrected chi connectivity index (χ4v) is 2.87. The Morgan fingerprint density at radius 1 is 1.06 bits per heavy atom. The van der Waals surface area contributed by atoms with Gasteiger partial charge in [-0.15, -0.1) is 0 Å². The first-order chi connectivity index (χ1) is 8.78. The minimum atomic E-state index is 0.0757. The molecule has 0 amide bonds. The van der Waals surface area contributed by atoms with Crippen molar-refractivity contribution >= 4 is 0 Å². The molecule has 1 unspecified atom stereocenters. The topological polar surface area (TPSA) is 30.5 Å². The Hall–Kier alpha value is -1.22. The minimum Gasteiger partial charge on any atom is -0.486 e. The zero-order valence-electron chi connectivity index (χ0n) is 11.0. The molecule has 0 saturated carbocycles. The molecule has 0 aliphatic carbocycles. The fourth-order valence-electron chi connectivity index (χ4n) is 2.87. The van der Waals surface area contributed by atoms with Gasteiger partial charge in [0.15, 0.2) is 11.5 Å². The predicted octanol–water partition coefficient (Wildman–Crippen LogP) is 2.84. The summed E-state index contributed by atoms with van der Waals surface area (Å²) in [4.78, 5) is 0. The van der Waals surface area contributed by atoms with E-state index < -0.39 is 0 Å². The van der Waals surface area contributed by atoms with Crippen LogP contribution in [0.3, 0.4) is 0 Å². The molecular formula is C15H21NO2. The maximum atomic E-state index is 5.68. The molecule has 3 rings (SSSR count). The summed E-state index contributed by atoms with van der Waals surface area (Å²) in [6, 6.07) is 6.36. The van der Waals surface area contributed by atoms with Crippen LogP contribution in [0.2, 0.25) is 0 Å². The standard InChI is InChI=1S/C15H21NO2/c1-15(7-3-2-4-8-16-15)12-5-6-13-14(11-12)18-10-9-17-13/h5-6,11,16H,2-4,7-10H2,1H3.